The Bertz CT molecular complexity index is 219. The minimum Gasteiger partial charge on any atom is -0.378 e. The van der Waals surface area contributed by atoms with Crippen molar-refractivity contribution in [2.45, 2.75) is 67.4 Å². The number of hydrogen-bond donors (Lipinski definition) is 0. The third kappa shape index (κ3) is 3.00. The summed E-state index contributed by atoms with van der Waals surface area (Å²) < 4.78 is 5.99. The fourth-order valence-electron chi connectivity index (χ4n) is 3.39. The number of hydrogen-bond acceptors (Lipinski definition) is 1. The van der Waals surface area contributed by atoms with Gasteiger partial charge in [-0.2, -0.15) is 0 Å². The van der Waals surface area contributed by atoms with E-state index >= 15 is 0 Å². The minimum atomic E-state index is 0.346. The molecule has 0 amide bonds. The molecule has 16 heavy (non-hydrogen) atoms. The summed E-state index contributed by atoms with van der Waals surface area (Å²) in [5.41, 5.74) is 0.744. The molecule has 0 aromatic rings. The van der Waals surface area contributed by atoms with Crippen molar-refractivity contribution >= 4 is 0 Å². The summed E-state index contributed by atoms with van der Waals surface area (Å²) in [5.74, 6) is 1.47. The molecule has 0 aromatic carbocycles. The van der Waals surface area contributed by atoms with E-state index in [1.54, 1.807) is 0 Å². The second-order valence-corrected chi connectivity index (χ2v) is 7.47. The zero-order chi connectivity index (χ0) is 12.6. The average Bonchev–Trinajstić information content (AvgIpc) is 2.13. The molecule has 1 aliphatic rings. The van der Waals surface area contributed by atoms with Gasteiger partial charge in [0.25, 0.3) is 0 Å². The van der Waals surface area contributed by atoms with Crippen LogP contribution in [0.1, 0.15) is 61.3 Å². The summed E-state index contributed by atoms with van der Waals surface area (Å²) in [6, 6.07) is 0. The summed E-state index contributed by atoms with van der Waals surface area (Å²) in [4.78, 5) is 0. The van der Waals surface area contributed by atoms with Gasteiger partial charge in [0.2, 0.25) is 0 Å². The Labute approximate surface area is 102 Å². The Morgan fingerprint density at radius 2 is 1.56 bits per heavy atom. The predicted molar refractivity (Wildman–Crippen MR) is 70.5 cm³/mol. The van der Waals surface area contributed by atoms with Gasteiger partial charge in [-0.1, -0.05) is 48.5 Å². The molecule has 96 valence electrons. The summed E-state index contributed by atoms with van der Waals surface area (Å²) in [5, 5.41) is 0. The maximum Gasteiger partial charge on any atom is 0.0608 e. The van der Waals surface area contributed by atoms with E-state index in [0.717, 1.165) is 18.9 Å². The molecule has 1 saturated heterocycles. The third-order valence-electron chi connectivity index (χ3n) is 4.11. The molecular weight excluding hydrogens is 196 g/mol. The molecular formula is C15H30O. The Hall–Kier alpha value is -0.0400. The van der Waals surface area contributed by atoms with Gasteiger partial charge in [0.15, 0.2) is 0 Å². The quantitative estimate of drug-likeness (QED) is 0.639. The van der Waals surface area contributed by atoms with Crippen LogP contribution >= 0.6 is 0 Å². The van der Waals surface area contributed by atoms with Crippen LogP contribution in [0.25, 0.3) is 0 Å². The summed E-state index contributed by atoms with van der Waals surface area (Å²) in [7, 11) is 0. The topological polar surface area (TPSA) is 9.23 Å². The Balaban J connectivity index is 2.97. The highest BCUT2D eigenvalue weighted by molar-refractivity contribution is 4.93. The van der Waals surface area contributed by atoms with Gasteiger partial charge in [-0.05, 0) is 35.5 Å². The molecule has 1 heterocycles. The van der Waals surface area contributed by atoms with E-state index in [4.69, 9.17) is 4.74 Å². The first-order valence-electron chi connectivity index (χ1n) is 6.79. The molecule has 0 N–H and O–H groups in total. The first-order chi connectivity index (χ1) is 7.18. The van der Waals surface area contributed by atoms with Crippen LogP contribution in [0.4, 0.5) is 0 Å². The Morgan fingerprint density at radius 3 is 1.94 bits per heavy atom. The highest BCUT2D eigenvalue weighted by Gasteiger charge is 2.45. The van der Waals surface area contributed by atoms with Crippen molar-refractivity contribution in [1.29, 1.82) is 0 Å². The maximum absolute atomic E-state index is 5.99. The Morgan fingerprint density at radius 1 is 1.00 bits per heavy atom. The molecule has 1 heteroatoms. The van der Waals surface area contributed by atoms with Crippen LogP contribution in [0.5, 0.6) is 0 Å². The van der Waals surface area contributed by atoms with E-state index in [-0.39, 0.29) is 0 Å². The van der Waals surface area contributed by atoms with Crippen LogP contribution in [0, 0.1) is 22.7 Å². The fraction of sp³-hybridized carbons (Fsp3) is 1.00. The number of rotatable bonds is 1. The van der Waals surface area contributed by atoms with Gasteiger partial charge in [0.05, 0.1) is 6.10 Å². The molecule has 1 fully saturated rings. The standard InChI is InChI=1S/C15H30O/c1-8-12-13(15(5,6)7)11(9-10-16-12)14(2,3)4/h11-13H,8-10H2,1-7H3/t11-,12?,13?/m0/s1. The molecule has 0 aromatic heterocycles. The van der Waals surface area contributed by atoms with Gasteiger partial charge in [-0.25, -0.2) is 0 Å². The first-order valence-corrected chi connectivity index (χ1v) is 6.79. The van der Waals surface area contributed by atoms with Crippen LogP contribution in [0.3, 0.4) is 0 Å². The van der Waals surface area contributed by atoms with Crippen molar-refractivity contribution < 1.29 is 4.74 Å². The van der Waals surface area contributed by atoms with Gasteiger partial charge in [-0.15, -0.1) is 0 Å². The molecule has 0 bridgehead atoms. The highest BCUT2D eigenvalue weighted by atomic mass is 16.5. The van der Waals surface area contributed by atoms with Crippen LogP contribution in [0.2, 0.25) is 0 Å². The van der Waals surface area contributed by atoms with E-state index in [9.17, 15) is 0 Å². The highest BCUT2D eigenvalue weighted by Crippen LogP contribution is 2.48. The van der Waals surface area contributed by atoms with Crippen molar-refractivity contribution in [3.8, 4) is 0 Å². The van der Waals surface area contributed by atoms with E-state index < -0.39 is 0 Å². The third-order valence-corrected chi connectivity index (χ3v) is 4.11. The molecule has 3 atom stereocenters. The van der Waals surface area contributed by atoms with Crippen molar-refractivity contribution in [1.82, 2.24) is 0 Å². The molecule has 0 saturated carbocycles. The Kier molecular flexibility index (Phi) is 4.10. The first kappa shape index (κ1) is 14.0. The fourth-order valence-corrected chi connectivity index (χ4v) is 3.39. The van der Waals surface area contributed by atoms with Gasteiger partial charge in [0, 0.05) is 6.61 Å². The lowest BCUT2D eigenvalue weighted by Crippen LogP contribution is -2.47. The van der Waals surface area contributed by atoms with Gasteiger partial charge < -0.3 is 4.74 Å². The van der Waals surface area contributed by atoms with E-state index in [0.29, 0.717) is 22.9 Å². The van der Waals surface area contributed by atoms with Crippen LogP contribution in [-0.4, -0.2) is 12.7 Å². The molecule has 0 spiro atoms. The van der Waals surface area contributed by atoms with Crippen LogP contribution in [0.15, 0.2) is 0 Å². The summed E-state index contributed by atoms with van der Waals surface area (Å²) >= 11 is 0. The molecule has 2 unspecified atom stereocenters. The summed E-state index contributed by atoms with van der Waals surface area (Å²) in [6.45, 7) is 17.5. The average molecular weight is 226 g/mol. The minimum absolute atomic E-state index is 0.346. The molecule has 0 aliphatic carbocycles. The lowest BCUT2D eigenvalue weighted by molar-refractivity contribution is -0.122. The maximum atomic E-state index is 5.99. The van der Waals surface area contributed by atoms with E-state index in [2.05, 4.69) is 48.5 Å². The van der Waals surface area contributed by atoms with E-state index in [1.165, 1.54) is 6.42 Å². The largest absolute Gasteiger partial charge is 0.378 e. The van der Waals surface area contributed by atoms with Crippen LogP contribution in [-0.2, 0) is 4.74 Å². The van der Waals surface area contributed by atoms with Gasteiger partial charge >= 0.3 is 0 Å². The van der Waals surface area contributed by atoms with Crippen molar-refractivity contribution in [2.75, 3.05) is 6.61 Å². The molecule has 1 nitrogen and oxygen atoms in total. The van der Waals surface area contributed by atoms with Gasteiger partial charge in [-0.3, -0.25) is 0 Å². The lowest BCUT2D eigenvalue weighted by atomic mass is 9.60. The normalized spacial score (nSPS) is 32.8. The summed E-state index contributed by atoms with van der Waals surface area (Å²) in [6.07, 6.45) is 2.83. The zero-order valence-electron chi connectivity index (χ0n) is 12.3. The SMILES string of the molecule is CCC1OCC[C@H](C(C)(C)C)C1C(C)(C)C. The second kappa shape index (κ2) is 4.68. The second-order valence-electron chi connectivity index (χ2n) is 7.47. The van der Waals surface area contributed by atoms with Crippen molar-refractivity contribution in [2.24, 2.45) is 22.7 Å². The zero-order valence-corrected chi connectivity index (χ0v) is 12.3. The van der Waals surface area contributed by atoms with Crippen molar-refractivity contribution in [3.05, 3.63) is 0 Å². The molecule has 1 aliphatic heterocycles. The monoisotopic (exact) mass is 226 g/mol. The molecule has 0 radical (unpaired) electrons. The van der Waals surface area contributed by atoms with Crippen molar-refractivity contribution in [3.63, 3.8) is 0 Å². The van der Waals surface area contributed by atoms with Crippen LogP contribution < -0.4 is 0 Å². The lowest BCUT2D eigenvalue weighted by Gasteiger charge is -2.50. The molecule has 1 rings (SSSR count). The van der Waals surface area contributed by atoms with Gasteiger partial charge in [0.1, 0.15) is 0 Å². The number of ether oxygens (including phenoxy) is 1. The van der Waals surface area contributed by atoms with E-state index in [1.807, 2.05) is 0 Å². The predicted octanol–water partition coefficient (Wildman–Crippen LogP) is 4.51. The smallest absolute Gasteiger partial charge is 0.0608 e.